The van der Waals surface area contributed by atoms with Crippen LogP contribution in [0.3, 0.4) is 0 Å². The summed E-state index contributed by atoms with van der Waals surface area (Å²) in [5, 5.41) is 13.3. The minimum atomic E-state index is -0.0761. The maximum atomic E-state index is 9.67. The van der Waals surface area contributed by atoms with E-state index in [1.54, 1.807) is 0 Å². The van der Waals surface area contributed by atoms with Crippen molar-refractivity contribution in [3.8, 4) is 0 Å². The third-order valence-electron chi connectivity index (χ3n) is 3.54. The van der Waals surface area contributed by atoms with E-state index < -0.39 is 0 Å². The molecule has 0 spiro atoms. The number of hydrogen-bond acceptors (Lipinski definition) is 2. The predicted octanol–water partition coefficient (Wildman–Crippen LogP) is 1.68. The molecule has 2 nitrogen and oxygen atoms in total. The van der Waals surface area contributed by atoms with Gasteiger partial charge in [0.25, 0.3) is 0 Å². The van der Waals surface area contributed by atoms with Crippen LogP contribution in [-0.2, 0) is 0 Å². The summed E-state index contributed by atoms with van der Waals surface area (Å²) < 4.78 is 0. The second-order valence-corrected chi connectivity index (χ2v) is 4.62. The predicted molar refractivity (Wildman–Crippen MR) is 53.6 cm³/mol. The van der Waals surface area contributed by atoms with Crippen molar-refractivity contribution < 1.29 is 5.11 Å². The molecule has 0 heterocycles. The van der Waals surface area contributed by atoms with Crippen molar-refractivity contribution in [3.05, 3.63) is 0 Å². The van der Waals surface area contributed by atoms with Crippen LogP contribution in [0.25, 0.3) is 0 Å². The van der Waals surface area contributed by atoms with Crippen molar-refractivity contribution in [2.24, 2.45) is 5.92 Å². The van der Waals surface area contributed by atoms with Gasteiger partial charge in [0, 0.05) is 12.1 Å². The third-order valence-corrected chi connectivity index (χ3v) is 3.54. The van der Waals surface area contributed by atoms with Crippen LogP contribution in [0, 0.1) is 5.92 Å². The average molecular weight is 183 g/mol. The molecule has 0 aromatic heterocycles. The number of nitrogens with one attached hydrogen (secondary N) is 1. The maximum absolute atomic E-state index is 9.67. The first kappa shape index (κ1) is 9.47. The van der Waals surface area contributed by atoms with Crippen LogP contribution >= 0.6 is 0 Å². The van der Waals surface area contributed by atoms with E-state index in [4.69, 9.17) is 0 Å². The van der Waals surface area contributed by atoms with Crippen LogP contribution in [0.4, 0.5) is 0 Å². The summed E-state index contributed by atoms with van der Waals surface area (Å²) in [7, 11) is 0. The average Bonchev–Trinajstić information content (AvgIpc) is 2.88. The zero-order valence-electron chi connectivity index (χ0n) is 8.50. The molecule has 0 aromatic rings. The van der Waals surface area contributed by atoms with Crippen molar-refractivity contribution in [3.63, 3.8) is 0 Å². The Morgan fingerprint density at radius 3 is 2.54 bits per heavy atom. The molecule has 2 fully saturated rings. The third kappa shape index (κ3) is 2.23. The van der Waals surface area contributed by atoms with Crippen molar-refractivity contribution in [1.82, 2.24) is 5.32 Å². The molecule has 2 saturated carbocycles. The van der Waals surface area contributed by atoms with Crippen molar-refractivity contribution in [1.29, 1.82) is 0 Å². The summed E-state index contributed by atoms with van der Waals surface area (Å²) in [4.78, 5) is 0. The molecule has 3 atom stereocenters. The molecule has 2 aliphatic carbocycles. The molecule has 0 aliphatic heterocycles. The van der Waals surface area contributed by atoms with Crippen LogP contribution in [0.2, 0.25) is 0 Å². The van der Waals surface area contributed by atoms with Gasteiger partial charge in [-0.05, 0) is 44.4 Å². The van der Waals surface area contributed by atoms with E-state index in [1.807, 2.05) is 0 Å². The minimum absolute atomic E-state index is 0.0761. The Kier molecular flexibility index (Phi) is 2.89. The van der Waals surface area contributed by atoms with Gasteiger partial charge in [-0.3, -0.25) is 0 Å². The van der Waals surface area contributed by atoms with Crippen LogP contribution < -0.4 is 5.32 Å². The Balaban J connectivity index is 1.80. The SMILES string of the molecule is CCC(NC1CCCC1O)C1CC1. The lowest BCUT2D eigenvalue weighted by Gasteiger charge is -2.23. The lowest BCUT2D eigenvalue weighted by Crippen LogP contribution is -2.43. The van der Waals surface area contributed by atoms with Gasteiger partial charge < -0.3 is 10.4 Å². The van der Waals surface area contributed by atoms with Gasteiger partial charge in [-0.1, -0.05) is 6.92 Å². The van der Waals surface area contributed by atoms with Gasteiger partial charge >= 0.3 is 0 Å². The first-order valence-corrected chi connectivity index (χ1v) is 5.75. The summed E-state index contributed by atoms with van der Waals surface area (Å²) in [5.41, 5.74) is 0. The maximum Gasteiger partial charge on any atom is 0.0693 e. The van der Waals surface area contributed by atoms with Gasteiger partial charge in [0.2, 0.25) is 0 Å². The second-order valence-electron chi connectivity index (χ2n) is 4.62. The number of aliphatic hydroxyl groups is 1. The Hall–Kier alpha value is -0.0800. The fourth-order valence-corrected chi connectivity index (χ4v) is 2.50. The highest BCUT2D eigenvalue weighted by atomic mass is 16.3. The standard InChI is InChI=1S/C11H21NO/c1-2-9(8-6-7-8)12-10-4-3-5-11(10)13/h8-13H,2-7H2,1H3. The van der Waals surface area contributed by atoms with E-state index in [0.29, 0.717) is 12.1 Å². The van der Waals surface area contributed by atoms with Crippen molar-refractivity contribution in [2.75, 3.05) is 0 Å². The van der Waals surface area contributed by atoms with Gasteiger partial charge in [0.15, 0.2) is 0 Å². The largest absolute Gasteiger partial charge is 0.392 e. The van der Waals surface area contributed by atoms with Gasteiger partial charge in [0.05, 0.1) is 6.10 Å². The Morgan fingerprint density at radius 2 is 2.08 bits per heavy atom. The normalized spacial score (nSPS) is 36.5. The molecule has 0 radical (unpaired) electrons. The highest BCUT2D eigenvalue weighted by molar-refractivity contribution is 4.91. The zero-order valence-corrected chi connectivity index (χ0v) is 8.50. The number of aliphatic hydroxyl groups excluding tert-OH is 1. The first-order chi connectivity index (χ1) is 6.31. The number of rotatable bonds is 4. The molecule has 0 amide bonds. The quantitative estimate of drug-likeness (QED) is 0.695. The molecule has 3 unspecified atom stereocenters. The molecular formula is C11H21NO. The van der Waals surface area contributed by atoms with Crippen LogP contribution in [-0.4, -0.2) is 23.3 Å². The molecule has 0 saturated heterocycles. The van der Waals surface area contributed by atoms with E-state index in [9.17, 15) is 5.11 Å². The second kappa shape index (κ2) is 3.97. The summed E-state index contributed by atoms with van der Waals surface area (Å²) >= 11 is 0. The molecule has 2 N–H and O–H groups in total. The van der Waals surface area contributed by atoms with Crippen LogP contribution in [0.5, 0.6) is 0 Å². The van der Waals surface area contributed by atoms with Gasteiger partial charge in [0.1, 0.15) is 0 Å². The molecule has 0 aromatic carbocycles. The van der Waals surface area contributed by atoms with E-state index in [2.05, 4.69) is 12.2 Å². The molecule has 2 rings (SSSR count). The Labute approximate surface area is 80.7 Å². The summed E-state index contributed by atoms with van der Waals surface area (Å²) in [6.45, 7) is 2.25. The topological polar surface area (TPSA) is 32.3 Å². The van der Waals surface area contributed by atoms with Crippen molar-refractivity contribution in [2.45, 2.75) is 63.6 Å². The van der Waals surface area contributed by atoms with E-state index >= 15 is 0 Å². The molecule has 13 heavy (non-hydrogen) atoms. The fraction of sp³-hybridized carbons (Fsp3) is 1.00. The minimum Gasteiger partial charge on any atom is -0.392 e. The molecular weight excluding hydrogens is 162 g/mol. The first-order valence-electron chi connectivity index (χ1n) is 5.75. The summed E-state index contributed by atoms with van der Waals surface area (Å²) in [6, 6.07) is 1.07. The Morgan fingerprint density at radius 1 is 1.31 bits per heavy atom. The van der Waals surface area contributed by atoms with Gasteiger partial charge in [-0.25, -0.2) is 0 Å². The van der Waals surface area contributed by atoms with Gasteiger partial charge in [-0.15, -0.1) is 0 Å². The van der Waals surface area contributed by atoms with Crippen LogP contribution in [0.15, 0.2) is 0 Å². The fourth-order valence-electron chi connectivity index (χ4n) is 2.50. The summed E-state index contributed by atoms with van der Waals surface area (Å²) in [5.74, 6) is 0.915. The molecule has 2 heteroatoms. The highest BCUT2D eigenvalue weighted by Gasteiger charge is 2.34. The highest BCUT2D eigenvalue weighted by Crippen LogP contribution is 2.35. The van der Waals surface area contributed by atoms with Crippen molar-refractivity contribution >= 4 is 0 Å². The van der Waals surface area contributed by atoms with E-state index in [0.717, 1.165) is 12.3 Å². The molecule has 0 bridgehead atoms. The Bertz CT molecular complexity index is 167. The summed E-state index contributed by atoms with van der Waals surface area (Å²) in [6.07, 6.45) is 7.30. The monoisotopic (exact) mass is 183 g/mol. The van der Waals surface area contributed by atoms with Crippen LogP contribution in [0.1, 0.15) is 45.4 Å². The lowest BCUT2D eigenvalue weighted by molar-refractivity contribution is 0.140. The lowest BCUT2D eigenvalue weighted by atomic mass is 10.1. The number of hydrogen-bond donors (Lipinski definition) is 2. The molecule has 2 aliphatic rings. The van der Waals surface area contributed by atoms with E-state index in [-0.39, 0.29) is 6.10 Å². The zero-order chi connectivity index (χ0) is 9.26. The van der Waals surface area contributed by atoms with E-state index in [1.165, 1.54) is 32.1 Å². The van der Waals surface area contributed by atoms with Gasteiger partial charge in [-0.2, -0.15) is 0 Å². The smallest absolute Gasteiger partial charge is 0.0693 e. The molecule has 76 valence electrons.